The fourth-order valence-electron chi connectivity index (χ4n) is 1.79. The second-order valence-electron chi connectivity index (χ2n) is 4.43. The number of benzene rings is 1. The summed E-state index contributed by atoms with van der Waals surface area (Å²) in [7, 11) is 0. The molecule has 0 aromatic heterocycles. The van der Waals surface area contributed by atoms with Crippen molar-refractivity contribution in [3.63, 3.8) is 0 Å². The second-order valence-corrected chi connectivity index (χ2v) is 4.43. The van der Waals surface area contributed by atoms with Crippen molar-refractivity contribution in [3.8, 4) is 5.75 Å². The van der Waals surface area contributed by atoms with E-state index in [2.05, 4.69) is 58.0 Å². The van der Waals surface area contributed by atoms with E-state index in [9.17, 15) is 0 Å². The van der Waals surface area contributed by atoms with Crippen LogP contribution in [-0.2, 0) is 0 Å². The third-order valence-corrected chi connectivity index (χ3v) is 3.01. The molecule has 0 bridgehead atoms. The minimum absolute atomic E-state index is 0.290. The van der Waals surface area contributed by atoms with Crippen LogP contribution in [0.2, 0.25) is 0 Å². The first kappa shape index (κ1) is 13.8. The van der Waals surface area contributed by atoms with E-state index in [1.807, 2.05) is 0 Å². The molecule has 1 aromatic carbocycles. The first-order valence-corrected chi connectivity index (χ1v) is 6.63. The average molecular weight is 232 g/mol. The molecule has 1 aromatic rings. The fraction of sp³-hybridized carbons (Fsp3) is 0.500. The summed E-state index contributed by atoms with van der Waals surface area (Å²) in [6.07, 6.45) is 5.86. The van der Waals surface area contributed by atoms with Gasteiger partial charge in [-0.3, -0.25) is 0 Å². The van der Waals surface area contributed by atoms with Crippen molar-refractivity contribution in [2.75, 3.05) is 0 Å². The Morgan fingerprint density at radius 1 is 1.24 bits per heavy atom. The normalized spacial score (nSPS) is 13.5. The maximum atomic E-state index is 5.77. The molecule has 0 aliphatic carbocycles. The molecule has 0 spiro atoms. The molecule has 0 N–H and O–H groups in total. The molecule has 17 heavy (non-hydrogen) atoms. The zero-order valence-corrected chi connectivity index (χ0v) is 11.5. The fourth-order valence-corrected chi connectivity index (χ4v) is 1.79. The number of hydrogen-bond acceptors (Lipinski definition) is 1. The van der Waals surface area contributed by atoms with Crippen molar-refractivity contribution in [2.24, 2.45) is 0 Å². The quantitative estimate of drug-likeness (QED) is 0.665. The lowest BCUT2D eigenvalue weighted by molar-refractivity contribution is 0.217. The Kier molecular flexibility index (Phi) is 5.82. The average Bonchev–Trinajstić information content (AvgIpc) is 2.37. The predicted octanol–water partition coefficient (Wildman–Crippen LogP) is 5.07. The van der Waals surface area contributed by atoms with Crippen LogP contribution in [0.4, 0.5) is 0 Å². The number of allylic oxidation sites excluding steroid dienone is 2. The Morgan fingerprint density at radius 3 is 2.35 bits per heavy atom. The minimum Gasteiger partial charge on any atom is -0.491 e. The molecule has 1 nitrogen and oxygen atoms in total. The highest BCUT2D eigenvalue weighted by molar-refractivity contribution is 5.65. The van der Waals surface area contributed by atoms with E-state index >= 15 is 0 Å². The lowest BCUT2D eigenvalue weighted by atomic mass is 10.0. The smallest absolute Gasteiger partial charge is 0.119 e. The van der Waals surface area contributed by atoms with Crippen molar-refractivity contribution in [3.05, 3.63) is 35.9 Å². The highest BCUT2D eigenvalue weighted by Gasteiger charge is 2.03. The van der Waals surface area contributed by atoms with Crippen LogP contribution in [0.25, 0.3) is 5.57 Å². The molecular formula is C16H24O. The molecule has 0 amide bonds. The summed E-state index contributed by atoms with van der Waals surface area (Å²) in [4.78, 5) is 0. The van der Waals surface area contributed by atoms with Crippen LogP contribution in [0.5, 0.6) is 5.75 Å². The Bertz CT molecular complexity index is 348. The monoisotopic (exact) mass is 232 g/mol. The van der Waals surface area contributed by atoms with Crippen LogP contribution in [0.1, 0.15) is 52.5 Å². The molecule has 0 saturated heterocycles. The molecule has 0 saturated carbocycles. The van der Waals surface area contributed by atoms with Crippen LogP contribution in [-0.4, -0.2) is 6.10 Å². The van der Waals surface area contributed by atoms with Gasteiger partial charge in [0.25, 0.3) is 0 Å². The van der Waals surface area contributed by atoms with Gasteiger partial charge in [-0.05, 0) is 50.0 Å². The van der Waals surface area contributed by atoms with E-state index in [0.717, 1.165) is 18.6 Å². The number of rotatable bonds is 6. The predicted molar refractivity (Wildman–Crippen MR) is 75.4 cm³/mol. The van der Waals surface area contributed by atoms with E-state index in [-0.39, 0.29) is 6.10 Å². The van der Waals surface area contributed by atoms with E-state index in [1.54, 1.807) is 0 Å². The molecule has 1 heteroatoms. The number of ether oxygens (including phenoxy) is 1. The van der Waals surface area contributed by atoms with Gasteiger partial charge in [-0.2, -0.15) is 0 Å². The van der Waals surface area contributed by atoms with Crippen molar-refractivity contribution in [1.29, 1.82) is 0 Å². The molecular weight excluding hydrogens is 208 g/mol. The van der Waals surface area contributed by atoms with Gasteiger partial charge in [0, 0.05) is 0 Å². The Balaban J connectivity index is 2.73. The Hall–Kier alpha value is -1.24. The van der Waals surface area contributed by atoms with Crippen molar-refractivity contribution in [1.82, 2.24) is 0 Å². The van der Waals surface area contributed by atoms with Crippen molar-refractivity contribution in [2.45, 2.75) is 53.1 Å². The summed E-state index contributed by atoms with van der Waals surface area (Å²) >= 11 is 0. The maximum absolute atomic E-state index is 5.77. The highest BCUT2D eigenvalue weighted by Crippen LogP contribution is 2.23. The van der Waals surface area contributed by atoms with Gasteiger partial charge in [0.2, 0.25) is 0 Å². The summed E-state index contributed by atoms with van der Waals surface area (Å²) in [6.45, 7) is 8.55. The lowest BCUT2D eigenvalue weighted by Crippen LogP contribution is -2.09. The van der Waals surface area contributed by atoms with E-state index in [4.69, 9.17) is 4.74 Å². The zero-order chi connectivity index (χ0) is 12.7. The summed E-state index contributed by atoms with van der Waals surface area (Å²) in [5.74, 6) is 0.968. The standard InChI is InChI=1S/C16H24O/c1-5-8-14(7-3)15-9-11-16(12-10-15)17-13(4)6-2/h7,9-13H,5-6,8H2,1-4H3. The SMILES string of the molecule is CC=C(CCC)c1ccc(OC(C)CC)cc1. The summed E-state index contributed by atoms with van der Waals surface area (Å²) < 4.78 is 5.77. The largest absolute Gasteiger partial charge is 0.491 e. The summed E-state index contributed by atoms with van der Waals surface area (Å²) in [6, 6.07) is 8.45. The molecule has 94 valence electrons. The maximum Gasteiger partial charge on any atom is 0.119 e. The number of hydrogen-bond donors (Lipinski definition) is 0. The molecule has 0 fully saturated rings. The third kappa shape index (κ3) is 4.26. The topological polar surface area (TPSA) is 9.23 Å². The van der Waals surface area contributed by atoms with E-state index < -0.39 is 0 Å². The van der Waals surface area contributed by atoms with Gasteiger partial charge in [-0.25, -0.2) is 0 Å². The molecule has 1 unspecified atom stereocenters. The highest BCUT2D eigenvalue weighted by atomic mass is 16.5. The molecule has 0 radical (unpaired) electrons. The lowest BCUT2D eigenvalue weighted by Gasteiger charge is -2.13. The molecule has 0 heterocycles. The van der Waals surface area contributed by atoms with Crippen LogP contribution in [0.3, 0.4) is 0 Å². The Morgan fingerprint density at radius 2 is 1.88 bits per heavy atom. The van der Waals surface area contributed by atoms with Crippen LogP contribution >= 0.6 is 0 Å². The van der Waals surface area contributed by atoms with Gasteiger partial charge < -0.3 is 4.74 Å². The van der Waals surface area contributed by atoms with Crippen molar-refractivity contribution < 1.29 is 4.74 Å². The molecule has 0 aliphatic heterocycles. The van der Waals surface area contributed by atoms with Gasteiger partial charge in [0.15, 0.2) is 0 Å². The molecule has 1 rings (SSSR count). The second kappa shape index (κ2) is 7.16. The first-order valence-electron chi connectivity index (χ1n) is 6.63. The third-order valence-electron chi connectivity index (χ3n) is 3.01. The molecule has 0 aliphatic rings. The van der Waals surface area contributed by atoms with E-state index in [0.29, 0.717) is 0 Å². The minimum atomic E-state index is 0.290. The van der Waals surface area contributed by atoms with Crippen LogP contribution < -0.4 is 4.74 Å². The molecule has 1 atom stereocenters. The van der Waals surface area contributed by atoms with Crippen LogP contribution in [0, 0.1) is 0 Å². The van der Waals surface area contributed by atoms with Gasteiger partial charge in [0.1, 0.15) is 5.75 Å². The van der Waals surface area contributed by atoms with Crippen LogP contribution in [0.15, 0.2) is 30.3 Å². The van der Waals surface area contributed by atoms with Crippen molar-refractivity contribution >= 4 is 5.57 Å². The summed E-state index contributed by atoms with van der Waals surface area (Å²) in [5, 5.41) is 0. The summed E-state index contributed by atoms with van der Waals surface area (Å²) in [5.41, 5.74) is 2.73. The van der Waals surface area contributed by atoms with Gasteiger partial charge in [-0.1, -0.05) is 38.5 Å². The Labute approximate surface area is 106 Å². The van der Waals surface area contributed by atoms with Gasteiger partial charge >= 0.3 is 0 Å². The van der Waals surface area contributed by atoms with Gasteiger partial charge in [0.05, 0.1) is 6.10 Å². The van der Waals surface area contributed by atoms with Gasteiger partial charge in [-0.15, -0.1) is 0 Å². The van der Waals surface area contributed by atoms with E-state index in [1.165, 1.54) is 17.6 Å². The zero-order valence-electron chi connectivity index (χ0n) is 11.5. The first-order chi connectivity index (χ1) is 8.21.